The Morgan fingerprint density at radius 3 is 2.67 bits per heavy atom. The topological polar surface area (TPSA) is 50.1 Å². The Hall–Kier alpha value is -1.47. The Bertz CT molecular complexity index is 367. The zero-order valence-corrected chi connectivity index (χ0v) is 9.21. The van der Waals surface area contributed by atoms with Crippen molar-refractivity contribution in [2.45, 2.75) is 6.92 Å². The van der Waals surface area contributed by atoms with Crippen molar-refractivity contribution in [3.8, 4) is 11.2 Å². The van der Waals surface area contributed by atoms with E-state index in [2.05, 4.69) is 0 Å². The summed E-state index contributed by atoms with van der Waals surface area (Å²) < 4.78 is 5.25. The quantitative estimate of drug-likeness (QED) is 0.566. The molecule has 0 heterocycles. The first-order valence-corrected chi connectivity index (χ1v) is 5.53. The largest absolute Gasteiger partial charge is 0.494 e. The van der Waals surface area contributed by atoms with Crippen molar-refractivity contribution in [2.24, 2.45) is 0 Å². The first-order valence-electron chi connectivity index (χ1n) is 4.55. The smallest absolute Gasteiger partial charge is 0.173 e. The van der Waals surface area contributed by atoms with Crippen LogP contribution in [0.25, 0.3) is 0 Å². The van der Waals surface area contributed by atoms with Gasteiger partial charge in [-0.1, -0.05) is 0 Å². The summed E-state index contributed by atoms with van der Waals surface area (Å²) in [6.45, 7) is 2.51. The molecule has 0 saturated heterocycles. The lowest BCUT2D eigenvalue weighted by atomic mass is 10.1. The molecular formula is C11H11NO2S. The number of ether oxygens (including phenoxy) is 1. The average molecular weight is 221 g/mol. The maximum atomic E-state index is 11.5. The summed E-state index contributed by atoms with van der Waals surface area (Å²) in [7, 11) is 0. The minimum absolute atomic E-state index is 0.0374. The summed E-state index contributed by atoms with van der Waals surface area (Å²) in [5.41, 5.74) is 0.612. The molecular weight excluding hydrogens is 210 g/mol. The average Bonchev–Trinajstić information content (AvgIpc) is 2.27. The summed E-state index contributed by atoms with van der Waals surface area (Å²) in [5.74, 6) is 0.913. The van der Waals surface area contributed by atoms with Crippen LogP contribution in [0.3, 0.4) is 0 Å². The number of thiocyanates is 1. The van der Waals surface area contributed by atoms with Crippen molar-refractivity contribution in [3.05, 3.63) is 29.8 Å². The maximum absolute atomic E-state index is 11.5. The first kappa shape index (κ1) is 11.6. The predicted molar refractivity (Wildman–Crippen MR) is 60.0 cm³/mol. The van der Waals surface area contributed by atoms with Gasteiger partial charge in [-0.2, -0.15) is 5.26 Å². The summed E-state index contributed by atoms with van der Waals surface area (Å²) in [6.07, 6.45) is 0. The highest BCUT2D eigenvalue weighted by Gasteiger charge is 2.05. The molecule has 0 saturated carbocycles. The molecule has 78 valence electrons. The van der Waals surface area contributed by atoms with Crippen LogP contribution in [0.2, 0.25) is 0 Å². The standard InChI is InChI=1S/C11H11NO2S/c1-2-14-10-5-3-9(4-6-10)11(13)7-15-8-12/h3-6H,2,7H2,1H3. The molecule has 0 spiro atoms. The SMILES string of the molecule is CCOc1ccc(C(=O)CSC#N)cc1. The number of nitrogens with zero attached hydrogens (tertiary/aromatic N) is 1. The van der Waals surface area contributed by atoms with Crippen LogP contribution < -0.4 is 4.74 Å². The van der Waals surface area contributed by atoms with E-state index in [1.165, 1.54) is 0 Å². The number of carbonyl (C=O) groups is 1. The molecule has 0 aliphatic carbocycles. The van der Waals surface area contributed by atoms with E-state index in [0.717, 1.165) is 17.5 Å². The van der Waals surface area contributed by atoms with Gasteiger partial charge >= 0.3 is 0 Å². The Morgan fingerprint density at radius 1 is 1.47 bits per heavy atom. The molecule has 0 atom stereocenters. The van der Waals surface area contributed by atoms with E-state index in [1.54, 1.807) is 24.3 Å². The molecule has 0 aromatic heterocycles. The van der Waals surface area contributed by atoms with Crippen LogP contribution in [0.4, 0.5) is 0 Å². The van der Waals surface area contributed by atoms with E-state index in [9.17, 15) is 4.79 Å². The van der Waals surface area contributed by atoms with Crippen LogP contribution in [0, 0.1) is 10.7 Å². The molecule has 3 nitrogen and oxygen atoms in total. The lowest BCUT2D eigenvalue weighted by Crippen LogP contribution is -2.01. The summed E-state index contributed by atoms with van der Waals surface area (Å²) in [6, 6.07) is 6.94. The van der Waals surface area contributed by atoms with Crippen LogP contribution in [0.15, 0.2) is 24.3 Å². The third-order valence-corrected chi connectivity index (χ3v) is 2.29. The van der Waals surface area contributed by atoms with Crippen LogP contribution in [-0.2, 0) is 0 Å². The van der Waals surface area contributed by atoms with Gasteiger partial charge < -0.3 is 4.74 Å². The minimum Gasteiger partial charge on any atom is -0.494 e. The summed E-state index contributed by atoms with van der Waals surface area (Å²) >= 11 is 0.950. The van der Waals surface area contributed by atoms with Gasteiger partial charge in [0.1, 0.15) is 11.2 Å². The molecule has 15 heavy (non-hydrogen) atoms. The molecule has 0 amide bonds. The highest BCUT2D eigenvalue weighted by Crippen LogP contribution is 2.13. The van der Waals surface area contributed by atoms with E-state index in [1.807, 2.05) is 12.3 Å². The normalized spacial score (nSPS) is 9.33. The van der Waals surface area contributed by atoms with E-state index in [4.69, 9.17) is 10.00 Å². The number of rotatable bonds is 5. The van der Waals surface area contributed by atoms with Crippen LogP contribution in [-0.4, -0.2) is 18.1 Å². The molecule has 4 heteroatoms. The van der Waals surface area contributed by atoms with Crippen molar-refractivity contribution in [1.82, 2.24) is 0 Å². The maximum Gasteiger partial charge on any atom is 0.173 e. The Labute approximate surface area is 93.0 Å². The van der Waals surface area contributed by atoms with Crippen molar-refractivity contribution in [1.29, 1.82) is 5.26 Å². The molecule has 0 unspecified atom stereocenters. The highest BCUT2D eigenvalue weighted by molar-refractivity contribution is 8.04. The predicted octanol–water partition coefficient (Wildman–Crippen LogP) is 2.48. The molecule has 1 aromatic rings. The number of thioether (sulfide) groups is 1. The lowest BCUT2D eigenvalue weighted by Gasteiger charge is -2.03. The van der Waals surface area contributed by atoms with Crippen LogP contribution >= 0.6 is 11.8 Å². The second-order valence-electron chi connectivity index (χ2n) is 2.76. The monoisotopic (exact) mass is 221 g/mol. The van der Waals surface area contributed by atoms with Gasteiger partial charge in [-0.25, -0.2) is 0 Å². The molecule has 0 aliphatic heterocycles. The van der Waals surface area contributed by atoms with Crippen molar-refractivity contribution in [3.63, 3.8) is 0 Å². The van der Waals surface area contributed by atoms with Gasteiger partial charge in [0.15, 0.2) is 5.78 Å². The van der Waals surface area contributed by atoms with Gasteiger partial charge in [0.2, 0.25) is 0 Å². The zero-order chi connectivity index (χ0) is 11.1. The van der Waals surface area contributed by atoms with E-state index in [0.29, 0.717) is 12.2 Å². The van der Waals surface area contributed by atoms with Crippen molar-refractivity contribution >= 4 is 17.5 Å². The number of hydrogen-bond acceptors (Lipinski definition) is 4. The van der Waals surface area contributed by atoms with Gasteiger partial charge in [0, 0.05) is 5.56 Å². The second kappa shape index (κ2) is 6.10. The fourth-order valence-electron chi connectivity index (χ4n) is 1.08. The third-order valence-electron chi connectivity index (χ3n) is 1.76. The fourth-order valence-corrected chi connectivity index (χ4v) is 1.45. The molecule has 0 bridgehead atoms. The number of hydrogen-bond donors (Lipinski definition) is 0. The Kier molecular flexibility index (Phi) is 4.72. The van der Waals surface area contributed by atoms with Gasteiger partial charge in [-0.05, 0) is 43.0 Å². The number of Topliss-reactive ketones (excluding diaryl/α,β-unsaturated/α-hetero) is 1. The van der Waals surface area contributed by atoms with E-state index in [-0.39, 0.29) is 11.5 Å². The van der Waals surface area contributed by atoms with Gasteiger partial charge in [-0.15, -0.1) is 0 Å². The number of nitriles is 1. The lowest BCUT2D eigenvalue weighted by molar-refractivity contribution is 0.102. The van der Waals surface area contributed by atoms with Gasteiger partial charge in [0.05, 0.1) is 12.4 Å². The minimum atomic E-state index is -0.0374. The zero-order valence-electron chi connectivity index (χ0n) is 8.40. The molecule has 1 aromatic carbocycles. The molecule has 1 rings (SSSR count). The summed E-state index contributed by atoms with van der Waals surface area (Å²) in [4.78, 5) is 11.5. The Morgan fingerprint density at radius 2 is 2.13 bits per heavy atom. The van der Waals surface area contributed by atoms with Crippen molar-refractivity contribution in [2.75, 3.05) is 12.4 Å². The van der Waals surface area contributed by atoms with Crippen molar-refractivity contribution < 1.29 is 9.53 Å². The molecule has 0 fully saturated rings. The number of ketones is 1. The van der Waals surface area contributed by atoms with Crippen LogP contribution in [0.1, 0.15) is 17.3 Å². The Balaban J connectivity index is 2.63. The second-order valence-corrected chi connectivity index (χ2v) is 3.52. The summed E-state index contributed by atoms with van der Waals surface area (Å²) in [5, 5.41) is 10.2. The van der Waals surface area contributed by atoms with E-state index >= 15 is 0 Å². The third kappa shape index (κ3) is 3.64. The number of carbonyl (C=O) groups excluding carboxylic acids is 1. The molecule has 0 N–H and O–H groups in total. The molecule has 0 aliphatic rings. The van der Waals surface area contributed by atoms with Gasteiger partial charge in [0.25, 0.3) is 0 Å². The van der Waals surface area contributed by atoms with Crippen LogP contribution in [0.5, 0.6) is 5.75 Å². The first-order chi connectivity index (χ1) is 7.27. The van der Waals surface area contributed by atoms with E-state index < -0.39 is 0 Å². The fraction of sp³-hybridized carbons (Fsp3) is 0.273. The van der Waals surface area contributed by atoms with Gasteiger partial charge in [-0.3, -0.25) is 4.79 Å². The number of benzene rings is 1. The molecule has 0 radical (unpaired) electrons. The highest BCUT2D eigenvalue weighted by atomic mass is 32.2.